The van der Waals surface area contributed by atoms with Gasteiger partial charge < -0.3 is 14.9 Å². The van der Waals surface area contributed by atoms with Crippen LogP contribution in [0.3, 0.4) is 0 Å². The van der Waals surface area contributed by atoms with E-state index in [0.29, 0.717) is 0 Å². The molecule has 0 aliphatic rings. The molecular formula is C6H14I2O3Te. The van der Waals surface area contributed by atoms with Crippen LogP contribution in [-0.4, -0.2) is 54.3 Å². The molecule has 6 heteroatoms. The molecule has 0 rings (SSSR count). The van der Waals surface area contributed by atoms with E-state index in [2.05, 4.69) is 0 Å². The molecule has 2 N–H and O–H groups in total. The average molecular weight is 516 g/mol. The second-order valence-corrected chi connectivity index (χ2v) is 7.75. The standard InChI is InChI=1S/C6H12I2O3.H2Te/c1-5(2,10)6(7,8)11-4-3-9;/h9-10H,3-4H2,1-2H3;1H2. The van der Waals surface area contributed by atoms with Crippen molar-refractivity contribution in [3.63, 3.8) is 0 Å². The predicted octanol–water partition coefficient (Wildman–Crippen LogP) is 0.374. The first-order chi connectivity index (χ1) is 4.81. The van der Waals surface area contributed by atoms with Gasteiger partial charge in [-0.2, -0.15) is 0 Å². The number of aliphatic hydroxyl groups excluding tert-OH is 1. The van der Waals surface area contributed by atoms with Gasteiger partial charge in [-0.15, -0.1) is 0 Å². The van der Waals surface area contributed by atoms with Gasteiger partial charge in [-0.1, -0.05) is 0 Å². The zero-order valence-corrected chi connectivity index (χ0v) is 14.1. The SMILES string of the molecule is CC(C)(O)C(I)(I)OCCO.[TeH2]. The molecular weight excluding hydrogens is 501 g/mol. The van der Waals surface area contributed by atoms with Crippen molar-refractivity contribution in [3.8, 4) is 0 Å². The van der Waals surface area contributed by atoms with Gasteiger partial charge in [0.2, 0.25) is 0 Å². The molecule has 0 aromatic rings. The zero-order chi connectivity index (χ0) is 9.12. The first kappa shape index (κ1) is 16.6. The van der Waals surface area contributed by atoms with E-state index >= 15 is 0 Å². The van der Waals surface area contributed by atoms with Gasteiger partial charge >= 0.3 is 23.7 Å². The second kappa shape index (κ2) is 6.58. The molecule has 0 aromatic carbocycles. The summed E-state index contributed by atoms with van der Waals surface area (Å²) in [6.45, 7) is 3.56. The first-order valence-corrected chi connectivity index (χ1v) is 5.32. The van der Waals surface area contributed by atoms with Gasteiger partial charge in [-0.25, -0.2) is 0 Å². The van der Waals surface area contributed by atoms with E-state index in [1.165, 1.54) is 0 Å². The number of alkyl halides is 2. The average Bonchev–Trinajstić information content (AvgIpc) is 1.81. The van der Waals surface area contributed by atoms with Crippen molar-refractivity contribution in [2.45, 2.75) is 21.1 Å². The molecule has 0 saturated carbocycles. The number of rotatable bonds is 4. The fraction of sp³-hybridized carbons (Fsp3) is 1.00. The Hall–Kier alpha value is 2.13. The summed E-state index contributed by atoms with van der Waals surface area (Å²) in [5.41, 5.74) is -0.913. The Labute approximate surface area is 117 Å². The van der Waals surface area contributed by atoms with E-state index in [-0.39, 0.29) is 36.9 Å². The molecule has 0 aromatic heterocycles. The molecule has 0 aliphatic carbocycles. The Morgan fingerprint density at radius 2 is 1.75 bits per heavy atom. The van der Waals surface area contributed by atoms with Crippen molar-refractivity contribution in [1.29, 1.82) is 0 Å². The van der Waals surface area contributed by atoms with Gasteiger partial charge in [0.05, 0.1) is 13.2 Å². The van der Waals surface area contributed by atoms with Crippen molar-refractivity contribution in [2.75, 3.05) is 13.2 Å². The fourth-order valence-corrected chi connectivity index (χ4v) is 0.791. The molecule has 0 unspecified atom stereocenters. The summed E-state index contributed by atoms with van der Waals surface area (Å²) in [4.78, 5) is 0. The third kappa shape index (κ3) is 5.78. The molecule has 76 valence electrons. The second-order valence-electron chi connectivity index (χ2n) is 2.65. The molecule has 0 radical (unpaired) electrons. The molecule has 0 atom stereocenters. The van der Waals surface area contributed by atoms with Crippen LogP contribution in [0.25, 0.3) is 0 Å². The van der Waals surface area contributed by atoms with Crippen molar-refractivity contribution < 1.29 is 14.9 Å². The van der Waals surface area contributed by atoms with Gasteiger partial charge in [-0.05, 0) is 59.0 Å². The maximum atomic E-state index is 9.55. The minimum absolute atomic E-state index is 0. The first-order valence-electron chi connectivity index (χ1n) is 3.16. The van der Waals surface area contributed by atoms with Gasteiger partial charge in [0.15, 0.2) is 1.61 Å². The van der Waals surface area contributed by atoms with E-state index in [0.717, 1.165) is 0 Å². The Morgan fingerprint density at radius 3 is 2.00 bits per heavy atom. The van der Waals surface area contributed by atoms with Crippen LogP contribution in [0.1, 0.15) is 13.8 Å². The van der Waals surface area contributed by atoms with Crippen LogP contribution < -0.4 is 0 Å². The van der Waals surface area contributed by atoms with Gasteiger partial charge in [0, 0.05) is 0 Å². The summed E-state index contributed by atoms with van der Waals surface area (Å²) in [5.74, 6) is 0. The zero-order valence-electron chi connectivity index (χ0n) is 6.97. The van der Waals surface area contributed by atoms with E-state index in [4.69, 9.17) is 9.84 Å². The van der Waals surface area contributed by atoms with E-state index in [1.807, 2.05) is 45.2 Å². The fourth-order valence-electron chi connectivity index (χ4n) is 0.350. The molecule has 0 saturated heterocycles. The van der Waals surface area contributed by atoms with E-state index in [9.17, 15) is 5.11 Å². The summed E-state index contributed by atoms with van der Waals surface area (Å²) in [6.07, 6.45) is 0. The van der Waals surface area contributed by atoms with Crippen molar-refractivity contribution >= 4 is 68.8 Å². The summed E-state index contributed by atoms with van der Waals surface area (Å²) < 4.78 is 4.54. The molecule has 0 fully saturated rings. The van der Waals surface area contributed by atoms with E-state index in [1.54, 1.807) is 13.8 Å². The Balaban J connectivity index is 0. The van der Waals surface area contributed by atoms with E-state index < -0.39 is 7.22 Å². The maximum absolute atomic E-state index is 9.55. The van der Waals surface area contributed by atoms with Crippen LogP contribution in [0, 0.1) is 0 Å². The molecule has 0 bridgehead atoms. The van der Waals surface area contributed by atoms with Crippen LogP contribution in [0.4, 0.5) is 0 Å². The number of ether oxygens (including phenoxy) is 1. The molecule has 12 heavy (non-hydrogen) atoms. The Kier molecular flexibility index (Phi) is 9.08. The molecule has 0 aliphatic heterocycles. The van der Waals surface area contributed by atoms with Crippen LogP contribution in [-0.2, 0) is 4.74 Å². The van der Waals surface area contributed by atoms with Gasteiger partial charge in [0.25, 0.3) is 0 Å². The number of hydrogen-bond donors (Lipinski definition) is 2. The summed E-state index contributed by atoms with van der Waals surface area (Å²) in [6, 6.07) is 0. The molecule has 0 spiro atoms. The third-order valence-electron chi connectivity index (χ3n) is 1.09. The Morgan fingerprint density at radius 1 is 1.33 bits per heavy atom. The van der Waals surface area contributed by atoms with Crippen LogP contribution >= 0.6 is 45.2 Å². The topological polar surface area (TPSA) is 49.7 Å². The normalized spacial score (nSPS) is 12.5. The Bertz CT molecular complexity index is 124. The quantitative estimate of drug-likeness (QED) is 0.323. The molecule has 3 nitrogen and oxygen atoms in total. The monoisotopic (exact) mass is 518 g/mol. The van der Waals surface area contributed by atoms with Crippen LogP contribution in [0.5, 0.6) is 0 Å². The number of aliphatic hydroxyl groups is 2. The molecule has 0 heterocycles. The minimum atomic E-state index is -0.913. The van der Waals surface area contributed by atoms with Crippen molar-refractivity contribution in [2.24, 2.45) is 0 Å². The van der Waals surface area contributed by atoms with Gasteiger partial charge in [0.1, 0.15) is 5.60 Å². The predicted molar refractivity (Wildman–Crippen MR) is 68.7 cm³/mol. The third-order valence-corrected chi connectivity index (χ3v) is 4.35. The summed E-state index contributed by atoms with van der Waals surface area (Å²) >= 11 is 4.02. The van der Waals surface area contributed by atoms with Crippen LogP contribution in [0.2, 0.25) is 0 Å². The van der Waals surface area contributed by atoms with Crippen molar-refractivity contribution in [1.82, 2.24) is 0 Å². The summed E-state index contributed by atoms with van der Waals surface area (Å²) in [5, 5.41) is 18.0. The van der Waals surface area contributed by atoms with Gasteiger partial charge in [-0.3, -0.25) is 0 Å². The molecule has 0 amide bonds. The van der Waals surface area contributed by atoms with Crippen LogP contribution in [0.15, 0.2) is 0 Å². The summed E-state index contributed by atoms with van der Waals surface area (Å²) in [7, 11) is 0. The number of halogens is 2. The number of hydrogen-bond acceptors (Lipinski definition) is 3. The van der Waals surface area contributed by atoms with Crippen molar-refractivity contribution in [3.05, 3.63) is 0 Å².